The van der Waals surface area contributed by atoms with Gasteiger partial charge >= 0.3 is 12.0 Å². The molecule has 1 aliphatic carbocycles. The maximum Gasteiger partial charge on any atom is 0.332 e. The molecular weight excluding hydrogens is 699 g/mol. The molecule has 0 unspecified atom stereocenters. The molecular formula is C43H49N5O7. The van der Waals surface area contributed by atoms with Crippen LogP contribution in [0.25, 0.3) is 22.3 Å². The van der Waals surface area contributed by atoms with Crippen LogP contribution in [0.15, 0.2) is 78.9 Å². The van der Waals surface area contributed by atoms with Gasteiger partial charge in [0, 0.05) is 36.6 Å². The maximum absolute atomic E-state index is 14.8. The van der Waals surface area contributed by atoms with Crippen molar-refractivity contribution in [3.8, 4) is 28.8 Å². The number of hydrogen-bond donors (Lipinski definition) is 1. The normalized spacial score (nSPS) is 23.5. The summed E-state index contributed by atoms with van der Waals surface area (Å²) in [4.78, 5) is 55.9. The van der Waals surface area contributed by atoms with Crippen molar-refractivity contribution in [3.63, 3.8) is 0 Å². The number of nitrogens with zero attached hydrogens (tertiary/aromatic N) is 4. The predicted octanol–water partition coefficient (Wildman–Crippen LogP) is 6.63. The highest BCUT2D eigenvalue weighted by Gasteiger charge is 2.62. The number of benzene rings is 3. The molecule has 3 aliphatic rings. The first-order valence-electron chi connectivity index (χ1n) is 19.2. The van der Waals surface area contributed by atoms with E-state index in [1.54, 1.807) is 26.0 Å². The van der Waals surface area contributed by atoms with E-state index in [2.05, 4.69) is 11.4 Å². The van der Waals surface area contributed by atoms with Crippen LogP contribution < -0.4 is 19.5 Å². The molecule has 3 heterocycles. The van der Waals surface area contributed by atoms with Crippen molar-refractivity contribution >= 4 is 28.8 Å². The average molecular weight is 748 g/mol. The number of esters is 1. The third kappa shape index (κ3) is 7.94. The molecule has 7 rings (SSSR count). The molecule has 2 aliphatic heterocycles. The zero-order chi connectivity index (χ0) is 38.5. The average Bonchev–Trinajstić information content (AvgIpc) is 3.74. The molecule has 55 heavy (non-hydrogen) atoms. The summed E-state index contributed by atoms with van der Waals surface area (Å²) in [5.41, 5.74) is 2.10. The monoisotopic (exact) mass is 747 g/mol. The maximum atomic E-state index is 14.8. The van der Waals surface area contributed by atoms with Crippen LogP contribution in [0, 0.1) is 12.8 Å². The number of amides is 3. The Kier molecular flexibility index (Phi) is 11.2. The number of carbonyl (C=O) groups excluding carboxylic acids is 3. The molecule has 1 aromatic heterocycles. The molecule has 0 bridgehead atoms. The fraction of sp³-hybridized carbons (Fsp3) is 0.419. The number of methoxy groups -OCH3 is 2. The number of aromatic nitrogens is 2. The van der Waals surface area contributed by atoms with Gasteiger partial charge < -0.3 is 34.1 Å². The number of ether oxygens (including phenoxy) is 4. The highest BCUT2D eigenvalue weighted by Crippen LogP contribution is 2.46. The second-order valence-corrected chi connectivity index (χ2v) is 14.5. The molecule has 0 radical (unpaired) electrons. The number of allylic oxidation sites excluding steroid dienone is 1. The van der Waals surface area contributed by atoms with Crippen molar-refractivity contribution in [1.29, 1.82) is 0 Å². The first-order valence-corrected chi connectivity index (χ1v) is 19.2. The first kappa shape index (κ1) is 37.7. The van der Waals surface area contributed by atoms with E-state index in [-0.39, 0.29) is 31.5 Å². The van der Waals surface area contributed by atoms with Gasteiger partial charge in [0.2, 0.25) is 11.8 Å². The molecule has 1 N–H and O–H groups in total. The Morgan fingerprint density at radius 1 is 0.964 bits per heavy atom. The lowest BCUT2D eigenvalue weighted by Gasteiger charge is -2.32. The van der Waals surface area contributed by atoms with Gasteiger partial charge in [0.1, 0.15) is 29.2 Å². The Balaban J connectivity index is 1.25. The van der Waals surface area contributed by atoms with Gasteiger partial charge in [0.15, 0.2) is 5.82 Å². The van der Waals surface area contributed by atoms with E-state index < -0.39 is 29.6 Å². The number of nitrogens with one attached hydrogen (secondary N) is 1. The van der Waals surface area contributed by atoms with Crippen LogP contribution in [0.4, 0.5) is 4.79 Å². The Labute approximate surface area is 321 Å². The van der Waals surface area contributed by atoms with Crippen LogP contribution >= 0.6 is 0 Å². The smallest absolute Gasteiger partial charge is 0.332 e. The van der Waals surface area contributed by atoms with Gasteiger partial charge in [0.05, 0.1) is 38.3 Å². The van der Waals surface area contributed by atoms with E-state index in [9.17, 15) is 14.4 Å². The van der Waals surface area contributed by atoms with E-state index in [1.165, 1.54) is 0 Å². The van der Waals surface area contributed by atoms with Crippen LogP contribution in [0.1, 0.15) is 56.6 Å². The molecule has 4 atom stereocenters. The third-order valence-electron chi connectivity index (χ3n) is 10.8. The minimum absolute atomic E-state index is 0.132. The summed E-state index contributed by atoms with van der Waals surface area (Å²) in [7, 11) is 3.24. The van der Waals surface area contributed by atoms with E-state index in [1.807, 2.05) is 84.6 Å². The second kappa shape index (κ2) is 16.4. The molecule has 1 saturated heterocycles. The number of urea groups is 1. The summed E-state index contributed by atoms with van der Waals surface area (Å²) in [5, 5.41) is 3.76. The molecule has 3 amide bonds. The van der Waals surface area contributed by atoms with Crippen LogP contribution in [-0.4, -0.2) is 89.3 Å². The summed E-state index contributed by atoms with van der Waals surface area (Å²) in [6, 6.07) is 19.9. The van der Waals surface area contributed by atoms with E-state index in [4.69, 9.17) is 28.9 Å². The van der Waals surface area contributed by atoms with Crippen LogP contribution in [0.5, 0.6) is 17.4 Å². The summed E-state index contributed by atoms with van der Waals surface area (Å²) in [6.45, 7) is 4.89. The number of rotatable bonds is 9. The van der Waals surface area contributed by atoms with Gasteiger partial charge in [-0.1, -0.05) is 61.0 Å². The number of carbonyl (C=O) groups is 3. The largest absolute Gasteiger partial charge is 0.497 e. The van der Waals surface area contributed by atoms with Gasteiger partial charge in [-0.3, -0.25) is 4.79 Å². The van der Waals surface area contributed by atoms with E-state index in [0.717, 1.165) is 48.1 Å². The van der Waals surface area contributed by atoms with Gasteiger partial charge in [-0.05, 0) is 69.4 Å². The molecule has 3 aromatic carbocycles. The molecule has 12 nitrogen and oxygen atoms in total. The lowest BCUT2D eigenvalue weighted by molar-refractivity contribution is -0.149. The number of fused-ring (bicyclic) bond motifs is 3. The van der Waals surface area contributed by atoms with Gasteiger partial charge in [-0.2, -0.15) is 4.98 Å². The van der Waals surface area contributed by atoms with Crippen molar-refractivity contribution in [2.75, 3.05) is 33.9 Å². The molecule has 1 saturated carbocycles. The highest BCUT2D eigenvalue weighted by molar-refractivity contribution is 5.95. The fourth-order valence-electron chi connectivity index (χ4n) is 7.70. The van der Waals surface area contributed by atoms with Crippen LogP contribution in [0.3, 0.4) is 0 Å². The molecule has 0 spiro atoms. The van der Waals surface area contributed by atoms with Gasteiger partial charge in [-0.15, -0.1) is 0 Å². The van der Waals surface area contributed by atoms with Crippen LogP contribution in [-0.2, 0) is 20.9 Å². The van der Waals surface area contributed by atoms with Crippen molar-refractivity contribution < 1.29 is 33.3 Å². The van der Waals surface area contributed by atoms with E-state index >= 15 is 0 Å². The SMILES string of the molecule is CCOC(=O)[C@@]12C[C@@H]1/C=C\CCCCCN(Cc1ccc(OC)cc1)C(=O)N1C[C@H](Oc3nc(-c4ccccc4)nc4c(C)c(OC)ccc34)C[C@H]1C(=O)N2. The Bertz CT molecular complexity index is 2060. The summed E-state index contributed by atoms with van der Waals surface area (Å²) >= 11 is 0. The zero-order valence-electron chi connectivity index (χ0n) is 32.0. The molecule has 288 valence electrons. The molecule has 12 heteroatoms. The predicted molar refractivity (Wildman–Crippen MR) is 208 cm³/mol. The standard InChI is InChI=1S/C43H49N5O7/c1-5-54-41(50)43-25-31(43)16-12-7-6-8-13-23-47(26-29-17-19-32(52-3)20-18-29)42(51)48-27-33(24-35(48)39(49)46-43)55-40-34-21-22-36(53-4)28(2)37(34)44-38(45-40)30-14-10-9-11-15-30/h9-12,14-22,31,33,35H,5-8,13,23-27H2,1-4H3,(H,46,49)/b16-12-/t31-,33+,35-,43+/m0/s1. The van der Waals surface area contributed by atoms with Crippen molar-refractivity contribution in [2.24, 2.45) is 5.92 Å². The quantitative estimate of drug-likeness (QED) is 0.148. The number of hydrogen-bond acceptors (Lipinski definition) is 9. The van der Waals surface area contributed by atoms with Crippen LogP contribution in [0.2, 0.25) is 0 Å². The fourth-order valence-corrected chi connectivity index (χ4v) is 7.70. The van der Waals surface area contributed by atoms with Crippen molar-refractivity contribution in [2.45, 2.75) is 76.6 Å². The first-order chi connectivity index (χ1) is 26.7. The summed E-state index contributed by atoms with van der Waals surface area (Å²) < 4.78 is 23.2. The number of aryl methyl sites for hydroxylation is 1. The van der Waals surface area contributed by atoms with Crippen molar-refractivity contribution in [1.82, 2.24) is 25.1 Å². The summed E-state index contributed by atoms with van der Waals surface area (Å²) in [5.74, 6) is 1.18. The van der Waals surface area contributed by atoms with E-state index in [0.29, 0.717) is 47.9 Å². The topological polar surface area (TPSA) is 132 Å². The Hall–Kier alpha value is -5.65. The second-order valence-electron chi connectivity index (χ2n) is 14.5. The Morgan fingerprint density at radius 3 is 2.51 bits per heavy atom. The minimum Gasteiger partial charge on any atom is -0.497 e. The van der Waals surface area contributed by atoms with Gasteiger partial charge in [0.25, 0.3) is 0 Å². The Morgan fingerprint density at radius 2 is 1.76 bits per heavy atom. The van der Waals surface area contributed by atoms with Crippen molar-refractivity contribution in [3.05, 3.63) is 90.0 Å². The minimum atomic E-state index is -1.18. The zero-order valence-corrected chi connectivity index (χ0v) is 32.0. The third-order valence-corrected chi connectivity index (χ3v) is 10.8. The lowest BCUT2D eigenvalue weighted by atomic mass is 10.1. The highest BCUT2D eigenvalue weighted by atomic mass is 16.5. The summed E-state index contributed by atoms with van der Waals surface area (Å²) in [6.07, 6.45) is 7.66. The van der Waals surface area contributed by atoms with Gasteiger partial charge in [-0.25, -0.2) is 14.6 Å². The molecule has 4 aromatic rings. The molecule has 2 fully saturated rings. The lowest BCUT2D eigenvalue weighted by Crippen LogP contribution is -2.55.